The van der Waals surface area contributed by atoms with Gasteiger partial charge in [0.25, 0.3) is 0 Å². The molecule has 5 aromatic rings. The SMILES string of the molecule is O=C(CSc1nnc(-c2ccccc2)c(-c2ccccc2)n1)Nc1ncc(Cc2cc(Cl)ccc2Cl)s1. The van der Waals surface area contributed by atoms with E-state index in [0.717, 1.165) is 21.6 Å². The average Bonchev–Trinajstić information content (AvgIpc) is 3.37. The van der Waals surface area contributed by atoms with Crippen molar-refractivity contribution in [2.45, 2.75) is 11.6 Å². The van der Waals surface area contributed by atoms with Gasteiger partial charge in [-0.2, -0.15) is 0 Å². The highest BCUT2D eigenvalue weighted by Gasteiger charge is 2.15. The van der Waals surface area contributed by atoms with Crippen molar-refractivity contribution >= 4 is 57.3 Å². The number of nitrogens with one attached hydrogen (secondary N) is 1. The van der Waals surface area contributed by atoms with E-state index >= 15 is 0 Å². The van der Waals surface area contributed by atoms with Gasteiger partial charge in [-0.25, -0.2) is 9.97 Å². The van der Waals surface area contributed by atoms with Gasteiger partial charge in [0, 0.05) is 38.7 Å². The lowest BCUT2D eigenvalue weighted by molar-refractivity contribution is -0.113. The Kier molecular flexibility index (Phi) is 8.11. The Morgan fingerprint density at radius 1 is 0.892 bits per heavy atom. The highest BCUT2D eigenvalue weighted by Crippen LogP contribution is 2.30. The summed E-state index contributed by atoms with van der Waals surface area (Å²) in [7, 11) is 0. The van der Waals surface area contributed by atoms with Crippen LogP contribution < -0.4 is 5.32 Å². The number of carbonyl (C=O) groups is 1. The third kappa shape index (κ3) is 6.53. The van der Waals surface area contributed by atoms with Gasteiger partial charge in [0.05, 0.1) is 5.75 Å². The summed E-state index contributed by atoms with van der Waals surface area (Å²) in [6.07, 6.45) is 2.31. The molecule has 5 rings (SSSR count). The molecule has 2 heterocycles. The van der Waals surface area contributed by atoms with Crippen molar-refractivity contribution in [1.82, 2.24) is 20.2 Å². The van der Waals surface area contributed by atoms with Gasteiger partial charge in [-0.1, -0.05) is 95.6 Å². The monoisotopic (exact) mass is 563 g/mol. The van der Waals surface area contributed by atoms with Crippen molar-refractivity contribution < 1.29 is 4.79 Å². The average molecular weight is 565 g/mol. The number of benzene rings is 3. The third-order valence-electron chi connectivity index (χ3n) is 5.27. The molecule has 0 bridgehead atoms. The number of hydrogen-bond acceptors (Lipinski definition) is 7. The molecule has 6 nitrogen and oxygen atoms in total. The second-order valence-electron chi connectivity index (χ2n) is 7.90. The molecule has 0 aliphatic carbocycles. The molecule has 0 aliphatic heterocycles. The van der Waals surface area contributed by atoms with Crippen molar-refractivity contribution in [3.8, 4) is 22.5 Å². The highest BCUT2D eigenvalue weighted by atomic mass is 35.5. The number of thiazole rings is 1. The molecule has 1 amide bonds. The van der Waals surface area contributed by atoms with Crippen LogP contribution in [0, 0.1) is 0 Å². The van der Waals surface area contributed by atoms with Crippen LogP contribution in [0.25, 0.3) is 22.5 Å². The lowest BCUT2D eigenvalue weighted by atomic mass is 10.0. The summed E-state index contributed by atoms with van der Waals surface area (Å²) in [4.78, 5) is 22.6. The smallest absolute Gasteiger partial charge is 0.236 e. The lowest BCUT2D eigenvalue weighted by Crippen LogP contribution is -2.14. The van der Waals surface area contributed by atoms with Gasteiger partial charge < -0.3 is 5.32 Å². The standard InChI is InChI=1S/C27H19Cl2N5OS2/c28-20-11-12-22(29)19(13-20)14-21-15-30-26(37-21)31-23(35)16-36-27-32-24(17-7-3-1-4-8-17)25(33-34-27)18-9-5-2-6-10-18/h1-13,15H,14,16H2,(H,30,31,35). The summed E-state index contributed by atoms with van der Waals surface area (Å²) in [5.74, 6) is -0.0843. The first-order valence-corrected chi connectivity index (χ1v) is 13.8. The Hall–Kier alpha value is -3.30. The van der Waals surface area contributed by atoms with Crippen LogP contribution in [0.3, 0.4) is 0 Å². The second-order valence-corrected chi connectivity index (χ2v) is 10.8. The summed E-state index contributed by atoms with van der Waals surface area (Å²) in [5.41, 5.74) is 4.17. The molecule has 0 unspecified atom stereocenters. The van der Waals surface area contributed by atoms with Crippen LogP contribution in [0.4, 0.5) is 5.13 Å². The fourth-order valence-corrected chi connectivity index (χ4v) is 5.38. The van der Waals surface area contributed by atoms with Gasteiger partial charge >= 0.3 is 0 Å². The van der Waals surface area contributed by atoms with Gasteiger partial charge in [-0.05, 0) is 23.8 Å². The van der Waals surface area contributed by atoms with Crippen LogP contribution in [-0.2, 0) is 11.2 Å². The van der Waals surface area contributed by atoms with Crippen molar-refractivity contribution in [3.05, 3.63) is 106 Å². The molecular formula is C27H19Cl2N5OS2. The number of nitrogens with zero attached hydrogens (tertiary/aromatic N) is 4. The largest absolute Gasteiger partial charge is 0.301 e. The number of amides is 1. The molecule has 0 spiro atoms. The fourth-order valence-electron chi connectivity index (χ4n) is 3.56. The molecular weight excluding hydrogens is 545 g/mol. The Balaban J connectivity index is 1.26. The van der Waals surface area contributed by atoms with Crippen molar-refractivity contribution in [2.75, 3.05) is 11.1 Å². The number of thioether (sulfide) groups is 1. The zero-order valence-electron chi connectivity index (χ0n) is 19.3. The van der Waals surface area contributed by atoms with Crippen LogP contribution in [0.2, 0.25) is 10.0 Å². The van der Waals surface area contributed by atoms with Gasteiger partial charge in [0.1, 0.15) is 11.4 Å². The third-order valence-corrected chi connectivity index (χ3v) is 7.62. The van der Waals surface area contributed by atoms with E-state index in [1.165, 1.54) is 23.1 Å². The number of rotatable bonds is 8. The minimum Gasteiger partial charge on any atom is -0.301 e. The molecule has 37 heavy (non-hydrogen) atoms. The number of aromatic nitrogens is 4. The van der Waals surface area contributed by atoms with E-state index in [0.29, 0.717) is 38.1 Å². The zero-order chi connectivity index (χ0) is 25.6. The molecule has 10 heteroatoms. The van der Waals surface area contributed by atoms with Crippen molar-refractivity contribution in [3.63, 3.8) is 0 Å². The molecule has 0 atom stereocenters. The summed E-state index contributed by atoms with van der Waals surface area (Å²) in [5, 5.41) is 13.8. The molecule has 0 radical (unpaired) electrons. The molecule has 0 saturated heterocycles. The van der Waals surface area contributed by atoms with Crippen LogP contribution in [-0.4, -0.2) is 31.8 Å². The molecule has 0 saturated carbocycles. The quantitative estimate of drug-likeness (QED) is 0.199. The van der Waals surface area contributed by atoms with Gasteiger partial charge in [0.15, 0.2) is 5.13 Å². The first-order chi connectivity index (χ1) is 18.0. The molecule has 1 N–H and O–H groups in total. The fraction of sp³-hybridized carbons (Fsp3) is 0.0741. The van der Waals surface area contributed by atoms with E-state index in [-0.39, 0.29) is 11.7 Å². The predicted octanol–water partition coefficient (Wildman–Crippen LogP) is 7.29. The predicted molar refractivity (Wildman–Crippen MR) is 151 cm³/mol. The lowest BCUT2D eigenvalue weighted by Gasteiger charge is -2.09. The first kappa shape index (κ1) is 25.4. The maximum Gasteiger partial charge on any atom is 0.236 e. The number of halogens is 2. The summed E-state index contributed by atoms with van der Waals surface area (Å²) in [6, 6.07) is 25.0. The molecule has 0 aliphatic rings. The Labute approximate surface area is 232 Å². The number of carbonyl (C=O) groups excluding carboxylic acids is 1. The summed E-state index contributed by atoms with van der Waals surface area (Å²) < 4.78 is 0. The van der Waals surface area contributed by atoms with Crippen molar-refractivity contribution in [2.24, 2.45) is 0 Å². The molecule has 184 valence electrons. The van der Waals surface area contributed by atoms with E-state index in [4.69, 9.17) is 28.2 Å². The topological polar surface area (TPSA) is 80.7 Å². The van der Waals surface area contributed by atoms with Gasteiger partial charge in [-0.15, -0.1) is 21.5 Å². The van der Waals surface area contributed by atoms with Crippen molar-refractivity contribution in [1.29, 1.82) is 0 Å². The maximum atomic E-state index is 12.6. The van der Waals surface area contributed by atoms with E-state index in [1.54, 1.807) is 18.3 Å². The maximum absolute atomic E-state index is 12.6. The van der Waals surface area contributed by atoms with Crippen LogP contribution >= 0.6 is 46.3 Å². The minimum atomic E-state index is -0.205. The summed E-state index contributed by atoms with van der Waals surface area (Å²) >= 11 is 15.0. The van der Waals surface area contributed by atoms with E-state index in [1.807, 2.05) is 66.7 Å². The van der Waals surface area contributed by atoms with Gasteiger partial charge in [-0.3, -0.25) is 4.79 Å². The second kappa shape index (κ2) is 11.8. The minimum absolute atomic E-state index is 0.121. The summed E-state index contributed by atoms with van der Waals surface area (Å²) in [6.45, 7) is 0. The Morgan fingerprint density at radius 3 is 2.32 bits per heavy atom. The van der Waals surface area contributed by atoms with E-state index < -0.39 is 0 Å². The molecule has 3 aromatic carbocycles. The molecule has 2 aromatic heterocycles. The number of hydrogen-bond donors (Lipinski definition) is 1. The first-order valence-electron chi connectivity index (χ1n) is 11.2. The highest BCUT2D eigenvalue weighted by molar-refractivity contribution is 7.99. The van der Waals surface area contributed by atoms with Crippen LogP contribution in [0.15, 0.2) is 90.2 Å². The van der Waals surface area contributed by atoms with E-state index in [2.05, 4.69) is 20.5 Å². The van der Waals surface area contributed by atoms with E-state index in [9.17, 15) is 4.79 Å². The zero-order valence-corrected chi connectivity index (χ0v) is 22.4. The Bertz CT molecular complexity index is 1530. The van der Waals surface area contributed by atoms with Gasteiger partial charge in [0.2, 0.25) is 11.1 Å². The normalized spacial score (nSPS) is 10.9. The molecule has 0 fully saturated rings. The van der Waals surface area contributed by atoms with Crippen LogP contribution in [0.1, 0.15) is 10.4 Å². The van der Waals surface area contributed by atoms with Crippen LogP contribution in [0.5, 0.6) is 0 Å². The Morgan fingerprint density at radius 2 is 1.59 bits per heavy atom. The number of anilines is 1.